The fourth-order valence-electron chi connectivity index (χ4n) is 2.23. The molecule has 0 radical (unpaired) electrons. The summed E-state index contributed by atoms with van der Waals surface area (Å²) in [5, 5.41) is 3.17. The van der Waals surface area contributed by atoms with Gasteiger partial charge in [-0.3, -0.25) is 0 Å². The Labute approximate surface area is 104 Å². The number of benzene rings is 1. The van der Waals surface area contributed by atoms with Crippen molar-refractivity contribution in [2.75, 3.05) is 31.6 Å². The number of anilines is 1. The van der Waals surface area contributed by atoms with E-state index in [0.29, 0.717) is 6.10 Å². The van der Waals surface area contributed by atoms with E-state index in [2.05, 4.69) is 41.4 Å². The summed E-state index contributed by atoms with van der Waals surface area (Å²) in [6.45, 7) is 5.98. The highest BCUT2D eigenvalue weighted by Crippen LogP contribution is 2.19. The maximum absolute atomic E-state index is 5.69. The second-order valence-corrected chi connectivity index (χ2v) is 4.54. The van der Waals surface area contributed by atoms with Crippen molar-refractivity contribution in [3.05, 3.63) is 29.8 Å². The molecular weight excluding hydrogens is 212 g/mol. The van der Waals surface area contributed by atoms with Gasteiger partial charge in [-0.05, 0) is 31.2 Å². The van der Waals surface area contributed by atoms with Gasteiger partial charge in [0.25, 0.3) is 0 Å². The van der Waals surface area contributed by atoms with E-state index in [1.54, 1.807) is 0 Å². The van der Waals surface area contributed by atoms with Crippen molar-refractivity contribution in [1.82, 2.24) is 5.32 Å². The van der Waals surface area contributed by atoms with Gasteiger partial charge in [0.05, 0.1) is 12.7 Å². The van der Waals surface area contributed by atoms with Crippen LogP contribution in [0.25, 0.3) is 0 Å². The normalized spacial score (nSPS) is 20.6. The Morgan fingerprint density at radius 2 is 2.12 bits per heavy atom. The van der Waals surface area contributed by atoms with E-state index >= 15 is 0 Å². The SMILES string of the molecule is CCC1CN(c2ccc(CNC)cc2)CCO1. The van der Waals surface area contributed by atoms with Gasteiger partial charge < -0.3 is 15.0 Å². The molecule has 1 fully saturated rings. The monoisotopic (exact) mass is 234 g/mol. The Hall–Kier alpha value is -1.06. The highest BCUT2D eigenvalue weighted by Gasteiger charge is 2.18. The summed E-state index contributed by atoms with van der Waals surface area (Å²) in [5.41, 5.74) is 2.64. The molecule has 2 rings (SSSR count). The molecular formula is C14H22N2O. The number of hydrogen-bond donors (Lipinski definition) is 1. The molecule has 1 saturated heterocycles. The minimum atomic E-state index is 0.390. The average Bonchev–Trinajstić information content (AvgIpc) is 2.40. The molecule has 3 heteroatoms. The van der Waals surface area contributed by atoms with Gasteiger partial charge in [-0.25, -0.2) is 0 Å². The quantitative estimate of drug-likeness (QED) is 0.862. The molecule has 1 atom stereocenters. The van der Waals surface area contributed by atoms with Gasteiger partial charge in [0, 0.05) is 25.3 Å². The Balaban J connectivity index is 2.01. The zero-order chi connectivity index (χ0) is 12.1. The second-order valence-electron chi connectivity index (χ2n) is 4.54. The molecule has 0 saturated carbocycles. The summed E-state index contributed by atoms with van der Waals surface area (Å²) in [7, 11) is 1.97. The van der Waals surface area contributed by atoms with Crippen LogP contribution in [0.4, 0.5) is 5.69 Å². The molecule has 1 aliphatic rings. The van der Waals surface area contributed by atoms with E-state index < -0.39 is 0 Å². The molecule has 17 heavy (non-hydrogen) atoms. The smallest absolute Gasteiger partial charge is 0.0748 e. The van der Waals surface area contributed by atoms with E-state index in [-0.39, 0.29) is 0 Å². The van der Waals surface area contributed by atoms with Gasteiger partial charge in [-0.1, -0.05) is 19.1 Å². The number of ether oxygens (including phenoxy) is 1. The van der Waals surface area contributed by atoms with Gasteiger partial charge in [0.15, 0.2) is 0 Å². The summed E-state index contributed by atoms with van der Waals surface area (Å²) in [4.78, 5) is 2.42. The Morgan fingerprint density at radius 3 is 2.76 bits per heavy atom. The van der Waals surface area contributed by atoms with E-state index in [0.717, 1.165) is 32.7 Å². The van der Waals surface area contributed by atoms with Crippen LogP contribution in [0.15, 0.2) is 24.3 Å². The van der Waals surface area contributed by atoms with Crippen molar-refractivity contribution >= 4 is 5.69 Å². The second kappa shape index (κ2) is 6.03. The van der Waals surface area contributed by atoms with Crippen molar-refractivity contribution in [3.63, 3.8) is 0 Å². The molecule has 0 aromatic heterocycles. The summed E-state index contributed by atoms with van der Waals surface area (Å²) >= 11 is 0. The third-order valence-electron chi connectivity index (χ3n) is 3.28. The van der Waals surface area contributed by atoms with Crippen LogP contribution in [0, 0.1) is 0 Å². The minimum absolute atomic E-state index is 0.390. The fourth-order valence-corrected chi connectivity index (χ4v) is 2.23. The summed E-state index contributed by atoms with van der Waals surface area (Å²) in [6.07, 6.45) is 1.48. The first-order valence-electron chi connectivity index (χ1n) is 6.43. The van der Waals surface area contributed by atoms with Crippen molar-refractivity contribution in [1.29, 1.82) is 0 Å². The van der Waals surface area contributed by atoms with Crippen LogP contribution in [0.5, 0.6) is 0 Å². The molecule has 1 aromatic carbocycles. The van der Waals surface area contributed by atoms with E-state index in [1.165, 1.54) is 11.3 Å². The van der Waals surface area contributed by atoms with Gasteiger partial charge in [-0.2, -0.15) is 0 Å². The largest absolute Gasteiger partial charge is 0.375 e. The van der Waals surface area contributed by atoms with Crippen LogP contribution in [0.2, 0.25) is 0 Å². The van der Waals surface area contributed by atoms with Gasteiger partial charge in [0.1, 0.15) is 0 Å². The molecule has 1 aromatic rings. The maximum Gasteiger partial charge on any atom is 0.0748 e. The zero-order valence-electron chi connectivity index (χ0n) is 10.8. The van der Waals surface area contributed by atoms with Crippen molar-refractivity contribution in [3.8, 4) is 0 Å². The highest BCUT2D eigenvalue weighted by molar-refractivity contribution is 5.48. The lowest BCUT2D eigenvalue weighted by molar-refractivity contribution is 0.0384. The van der Waals surface area contributed by atoms with Gasteiger partial charge >= 0.3 is 0 Å². The molecule has 1 N–H and O–H groups in total. The molecule has 3 nitrogen and oxygen atoms in total. The standard InChI is InChI=1S/C14H22N2O/c1-3-14-11-16(8-9-17-14)13-6-4-12(5-7-13)10-15-2/h4-7,14-15H,3,8-11H2,1-2H3. The van der Waals surface area contributed by atoms with Crippen molar-refractivity contribution in [2.24, 2.45) is 0 Å². The fraction of sp³-hybridized carbons (Fsp3) is 0.571. The van der Waals surface area contributed by atoms with Crippen LogP contribution >= 0.6 is 0 Å². The summed E-state index contributed by atoms with van der Waals surface area (Å²) in [6, 6.07) is 8.82. The number of nitrogens with zero attached hydrogens (tertiary/aromatic N) is 1. The van der Waals surface area contributed by atoms with Crippen LogP contribution in [-0.4, -0.2) is 32.8 Å². The predicted molar refractivity (Wildman–Crippen MR) is 71.4 cm³/mol. The minimum Gasteiger partial charge on any atom is -0.375 e. The highest BCUT2D eigenvalue weighted by atomic mass is 16.5. The lowest BCUT2D eigenvalue weighted by Gasteiger charge is -2.34. The van der Waals surface area contributed by atoms with Crippen LogP contribution < -0.4 is 10.2 Å². The third-order valence-corrected chi connectivity index (χ3v) is 3.28. The van der Waals surface area contributed by atoms with Gasteiger partial charge in [0.2, 0.25) is 0 Å². The van der Waals surface area contributed by atoms with E-state index in [4.69, 9.17) is 4.74 Å². The number of nitrogens with one attached hydrogen (secondary N) is 1. The van der Waals surface area contributed by atoms with E-state index in [1.807, 2.05) is 7.05 Å². The predicted octanol–water partition coefficient (Wildman–Crippen LogP) is 2.02. The molecule has 1 heterocycles. The maximum atomic E-state index is 5.69. The first-order chi connectivity index (χ1) is 8.33. The number of morpholine rings is 1. The summed E-state index contributed by atoms with van der Waals surface area (Å²) < 4.78 is 5.69. The Kier molecular flexibility index (Phi) is 4.40. The molecule has 0 aliphatic carbocycles. The zero-order valence-corrected chi connectivity index (χ0v) is 10.8. The Bertz CT molecular complexity index is 337. The molecule has 1 aliphatic heterocycles. The molecule has 94 valence electrons. The number of hydrogen-bond acceptors (Lipinski definition) is 3. The molecule has 0 spiro atoms. The summed E-state index contributed by atoms with van der Waals surface area (Å²) in [5.74, 6) is 0. The van der Waals surface area contributed by atoms with Crippen LogP contribution in [0.1, 0.15) is 18.9 Å². The Morgan fingerprint density at radius 1 is 1.35 bits per heavy atom. The van der Waals surface area contributed by atoms with E-state index in [9.17, 15) is 0 Å². The number of rotatable bonds is 4. The lowest BCUT2D eigenvalue weighted by atomic mass is 10.1. The van der Waals surface area contributed by atoms with Crippen molar-refractivity contribution < 1.29 is 4.74 Å². The lowest BCUT2D eigenvalue weighted by Crippen LogP contribution is -2.42. The topological polar surface area (TPSA) is 24.5 Å². The average molecular weight is 234 g/mol. The first-order valence-corrected chi connectivity index (χ1v) is 6.43. The molecule has 0 amide bonds. The van der Waals surface area contributed by atoms with Crippen LogP contribution in [0.3, 0.4) is 0 Å². The third kappa shape index (κ3) is 3.20. The van der Waals surface area contributed by atoms with Crippen molar-refractivity contribution in [2.45, 2.75) is 26.0 Å². The molecule has 0 bridgehead atoms. The van der Waals surface area contributed by atoms with Gasteiger partial charge in [-0.15, -0.1) is 0 Å². The first kappa shape index (κ1) is 12.4. The van der Waals surface area contributed by atoms with Crippen LogP contribution in [-0.2, 0) is 11.3 Å². The molecule has 1 unspecified atom stereocenters.